The first-order valence-electron chi connectivity index (χ1n) is 9.17. The van der Waals surface area contributed by atoms with Crippen LogP contribution in [0, 0.1) is 12.8 Å². The van der Waals surface area contributed by atoms with Crippen LogP contribution in [0.4, 0.5) is 0 Å². The number of hydrogen-bond acceptors (Lipinski definition) is 5. The maximum absolute atomic E-state index is 12.7. The maximum atomic E-state index is 12.7. The average Bonchev–Trinajstić information content (AvgIpc) is 3.02. The van der Waals surface area contributed by atoms with Crippen molar-refractivity contribution >= 4 is 5.91 Å². The molecule has 1 aromatic heterocycles. The normalized spacial score (nSPS) is 19.5. The van der Waals surface area contributed by atoms with Crippen LogP contribution in [-0.4, -0.2) is 39.9 Å². The highest BCUT2D eigenvalue weighted by atomic mass is 16.6. The van der Waals surface area contributed by atoms with Crippen molar-refractivity contribution in [2.24, 2.45) is 5.92 Å². The highest BCUT2D eigenvalue weighted by molar-refractivity contribution is 5.79. The fourth-order valence-electron chi connectivity index (χ4n) is 3.66. The van der Waals surface area contributed by atoms with Crippen LogP contribution in [0.25, 0.3) is 0 Å². The molecule has 2 aliphatic heterocycles. The third-order valence-corrected chi connectivity index (χ3v) is 5.04. The second-order valence-electron chi connectivity index (χ2n) is 7.10. The molecule has 0 saturated carbocycles. The van der Waals surface area contributed by atoms with Gasteiger partial charge in [0.15, 0.2) is 11.5 Å². The molecule has 7 nitrogen and oxygen atoms in total. The number of fused-ring (bicyclic) bond motifs is 2. The third kappa shape index (κ3) is 3.38. The number of carbonyl (C=O) groups is 1. The summed E-state index contributed by atoms with van der Waals surface area (Å²) in [5.41, 5.74) is 1.13. The molecule has 0 aliphatic carbocycles. The van der Waals surface area contributed by atoms with Crippen molar-refractivity contribution < 1.29 is 14.3 Å². The summed E-state index contributed by atoms with van der Waals surface area (Å²) < 4.78 is 13.2. The minimum Gasteiger partial charge on any atom is -0.486 e. The number of aromatic nitrogens is 3. The van der Waals surface area contributed by atoms with E-state index in [0.29, 0.717) is 19.8 Å². The molecule has 2 aromatic rings. The van der Waals surface area contributed by atoms with E-state index in [1.165, 1.54) is 0 Å². The molecule has 2 atom stereocenters. The van der Waals surface area contributed by atoms with Gasteiger partial charge in [0.25, 0.3) is 0 Å². The van der Waals surface area contributed by atoms with Gasteiger partial charge in [0, 0.05) is 19.0 Å². The van der Waals surface area contributed by atoms with Crippen molar-refractivity contribution in [2.45, 2.75) is 45.7 Å². The molecule has 3 heterocycles. The minimum absolute atomic E-state index is 0.0279. The molecule has 1 amide bonds. The summed E-state index contributed by atoms with van der Waals surface area (Å²) in [6.45, 7) is 5.80. The van der Waals surface area contributed by atoms with Gasteiger partial charge in [-0.05, 0) is 44.4 Å². The summed E-state index contributed by atoms with van der Waals surface area (Å²) in [6.07, 6.45) is 2.38. The zero-order valence-corrected chi connectivity index (χ0v) is 15.2. The van der Waals surface area contributed by atoms with Crippen LogP contribution in [0.3, 0.4) is 0 Å². The lowest BCUT2D eigenvalue weighted by molar-refractivity contribution is -0.126. The molecular formula is C19H24N4O3. The number of amides is 1. The van der Waals surface area contributed by atoms with E-state index in [1.54, 1.807) is 0 Å². The first-order valence-corrected chi connectivity index (χ1v) is 9.17. The van der Waals surface area contributed by atoms with Crippen LogP contribution in [0.1, 0.15) is 30.6 Å². The molecule has 0 radical (unpaired) electrons. The number of nitrogens with zero attached hydrogens (tertiary/aromatic N) is 3. The SMILES string of the molecule is Cc1nnc2n1CC(C(=O)N[C@H](C)Cc1ccc3c(c1)OCCO3)CC2. The van der Waals surface area contributed by atoms with Crippen molar-refractivity contribution in [3.63, 3.8) is 0 Å². The summed E-state index contributed by atoms with van der Waals surface area (Å²) in [4.78, 5) is 12.7. The molecule has 0 spiro atoms. The van der Waals surface area contributed by atoms with Gasteiger partial charge in [-0.25, -0.2) is 0 Å². The van der Waals surface area contributed by atoms with Crippen molar-refractivity contribution in [2.75, 3.05) is 13.2 Å². The number of carbonyl (C=O) groups excluding carboxylic acids is 1. The zero-order valence-electron chi connectivity index (χ0n) is 15.2. The van der Waals surface area contributed by atoms with Crippen LogP contribution in [-0.2, 0) is 24.2 Å². The van der Waals surface area contributed by atoms with Crippen LogP contribution >= 0.6 is 0 Å². The van der Waals surface area contributed by atoms with E-state index in [9.17, 15) is 4.79 Å². The van der Waals surface area contributed by atoms with E-state index >= 15 is 0 Å². The Labute approximate surface area is 152 Å². The van der Waals surface area contributed by atoms with Gasteiger partial charge >= 0.3 is 0 Å². The number of benzene rings is 1. The minimum atomic E-state index is -0.0279. The number of nitrogens with one attached hydrogen (secondary N) is 1. The van der Waals surface area contributed by atoms with E-state index < -0.39 is 0 Å². The predicted molar refractivity (Wildman–Crippen MR) is 95.3 cm³/mol. The molecule has 1 aromatic carbocycles. The molecule has 0 saturated heterocycles. The molecule has 4 rings (SSSR count). The Morgan fingerprint density at radius 2 is 2.12 bits per heavy atom. The van der Waals surface area contributed by atoms with E-state index in [1.807, 2.05) is 32.0 Å². The van der Waals surface area contributed by atoms with E-state index in [0.717, 1.165) is 48.0 Å². The summed E-state index contributed by atoms with van der Waals surface area (Å²) in [5, 5.41) is 11.4. The summed E-state index contributed by atoms with van der Waals surface area (Å²) in [6, 6.07) is 6.03. The van der Waals surface area contributed by atoms with Crippen molar-refractivity contribution in [3.8, 4) is 11.5 Å². The Bertz CT molecular complexity index is 817. The highest BCUT2D eigenvalue weighted by Gasteiger charge is 2.27. The molecule has 1 N–H and O–H groups in total. The largest absolute Gasteiger partial charge is 0.486 e. The van der Waals surface area contributed by atoms with Crippen molar-refractivity contribution in [1.29, 1.82) is 0 Å². The van der Waals surface area contributed by atoms with Crippen molar-refractivity contribution in [1.82, 2.24) is 20.1 Å². The quantitative estimate of drug-likeness (QED) is 0.902. The van der Waals surface area contributed by atoms with E-state index in [-0.39, 0.29) is 17.9 Å². The molecule has 0 fully saturated rings. The van der Waals surface area contributed by atoms with Crippen LogP contribution < -0.4 is 14.8 Å². The Morgan fingerprint density at radius 3 is 2.96 bits per heavy atom. The molecule has 7 heteroatoms. The first kappa shape index (κ1) is 16.9. The molecule has 138 valence electrons. The van der Waals surface area contributed by atoms with Gasteiger partial charge in [-0.15, -0.1) is 10.2 Å². The Morgan fingerprint density at radius 1 is 1.31 bits per heavy atom. The monoisotopic (exact) mass is 356 g/mol. The Kier molecular flexibility index (Phi) is 4.53. The molecule has 2 aliphatic rings. The number of aryl methyl sites for hydroxylation is 2. The van der Waals surface area contributed by atoms with Gasteiger partial charge in [-0.2, -0.15) is 0 Å². The smallest absolute Gasteiger partial charge is 0.225 e. The maximum Gasteiger partial charge on any atom is 0.225 e. The summed E-state index contributed by atoms with van der Waals surface area (Å²) in [7, 11) is 0. The fraction of sp³-hybridized carbons (Fsp3) is 0.526. The molecule has 0 bridgehead atoms. The third-order valence-electron chi connectivity index (χ3n) is 5.04. The second-order valence-corrected chi connectivity index (χ2v) is 7.10. The summed E-state index contributed by atoms with van der Waals surface area (Å²) >= 11 is 0. The predicted octanol–water partition coefficient (Wildman–Crippen LogP) is 1.67. The van der Waals surface area contributed by atoms with Gasteiger partial charge in [-0.3, -0.25) is 4.79 Å². The first-order chi connectivity index (χ1) is 12.6. The van der Waals surface area contributed by atoms with Crippen LogP contribution in [0.5, 0.6) is 11.5 Å². The van der Waals surface area contributed by atoms with Crippen LogP contribution in [0.2, 0.25) is 0 Å². The van der Waals surface area contributed by atoms with Gasteiger partial charge < -0.3 is 19.4 Å². The van der Waals surface area contributed by atoms with Gasteiger partial charge in [-0.1, -0.05) is 6.07 Å². The summed E-state index contributed by atoms with van der Waals surface area (Å²) in [5.74, 6) is 3.51. The highest BCUT2D eigenvalue weighted by Crippen LogP contribution is 2.31. The lowest BCUT2D eigenvalue weighted by atomic mass is 9.97. The zero-order chi connectivity index (χ0) is 18.1. The van der Waals surface area contributed by atoms with Crippen molar-refractivity contribution in [3.05, 3.63) is 35.4 Å². The topological polar surface area (TPSA) is 78.3 Å². The number of hydrogen-bond donors (Lipinski definition) is 1. The Balaban J connectivity index is 1.35. The average molecular weight is 356 g/mol. The molecule has 26 heavy (non-hydrogen) atoms. The molecule has 1 unspecified atom stereocenters. The fourth-order valence-corrected chi connectivity index (χ4v) is 3.66. The molecular weight excluding hydrogens is 332 g/mol. The van der Waals surface area contributed by atoms with Gasteiger partial charge in [0.05, 0.1) is 5.92 Å². The lowest BCUT2D eigenvalue weighted by Crippen LogP contribution is -2.41. The lowest BCUT2D eigenvalue weighted by Gasteiger charge is -2.25. The van der Waals surface area contributed by atoms with Gasteiger partial charge in [0.2, 0.25) is 5.91 Å². The number of rotatable bonds is 4. The van der Waals surface area contributed by atoms with Gasteiger partial charge in [0.1, 0.15) is 24.9 Å². The standard InChI is InChI=1S/C19H24N4O3/c1-12(9-14-3-5-16-17(10-14)26-8-7-25-16)20-19(24)15-4-6-18-22-21-13(2)23(18)11-15/h3,5,10,12,15H,4,6-9,11H2,1-2H3,(H,20,24)/t12-,15?/m1/s1. The van der Waals surface area contributed by atoms with E-state index in [4.69, 9.17) is 9.47 Å². The number of ether oxygens (including phenoxy) is 2. The van der Waals surface area contributed by atoms with Crippen LogP contribution in [0.15, 0.2) is 18.2 Å². The van der Waals surface area contributed by atoms with E-state index in [2.05, 4.69) is 20.1 Å². The second kappa shape index (κ2) is 6.97. The Hall–Kier alpha value is -2.57.